The Morgan fingerprint density at radius 3 is 2.41 bits per heavy atom. The van der Waals surface area contributed by atoms with Crippen molar-refractivity contribution >= 4 is 33.3 Å². The van der Waals surface area contributed by atoms with Gasteiger partial charge in [-0.1, -0.05) is 22.8 Å². The molecule has 2 heterocycles. The molecule has 0 aliphatic carbocycles. The number of nitrogens with one attached hydrogen (secondary N) is 1. The third-order valence-electron chi connectivity index (χ3n) is 4.51. The average molecular weight is 413 g/mol. The van der Waals surface area contributed by atoms with Gasteiger partial charge in [0.1, 0.15) is 10.6 Å². The number of aromatic nitrogens is 1. The van der Waals surface area contributed by atoms with Crippen LogP contribution in [-0.4, -0.2) is 55.0 Å². The highest BCUT2D eigenvalue weighted by molar-refractivity contribution is 7.89. The van der Waals surface area contributed by atoms with Gasteiger partial charge in [-0.2, -0.15) is 4.31 Å². The van der Waals surface area contributed by atoms with Crippen molar-refractivity contribution in [2.45, 2.75) is 25.7 Å². The summed E-state index contributed by atoms with van der Waals surface area (Å²) < 4.78 is 32.0. The maximum absolute atomic E-state index is 12.8. The maximum Gasteiger partial charge on any atom is 0.321 e. The molecule has 1 aromatic heterocycles. The Morgan fingerprint density at radius 2 is 1.85 bits per heavy atom. The molecule has 0 atom stereocenters. The van der Waals surface area contributed by atoms with E-state index in [2.05, 4.69) is 10.5 Å². The Bertz CT molecular complexity index is 946. The van der Waals surface area contributed by atoms with Crippen LogP contribution in [0.25, 0.3) is 0 Å². The lowest BCUT2D eigenvalue weighted by Gasteiger charge is -2.33. The van der Waals surface area contributed by atoms with E-state index in [4.69, 9.17) is 16.1 Å². The van der Waals surface area contributed by atoms with Crippen molar-refractivity contribution in [3.8, 4) is 0 Å². The Morgan fingerprint density at radius 1 is 1.19 bits per heavy atom. The molecule has 3 rings (SSSR count). The summed E-state index contributed by atoms with van der Waals surface area (Å²) in [6.45, 7) is 6.03. The zero-order chi connectivity index (χ0) is 19.8. The standard InChI is InChI=1S/C17H21ClN4O4S/c1-11-4-5-14(10-15(11)18)19-17(23)21-6-8-22(9-7-21)27(24,25)16-12(2)20-26-13(16)3/h4-5,10H,6-9H2,1-3H3,(H,19,23). The molecule has 146 valence electrons. The average Bonchev–Trinajstić information content (AvgIpc) is 2.97. The number of rotatable bonds is 3. The molecule has 1 aliphatic rings. The Hall–Kier alpha value is -2.10. The van der Waals surface area contributed by atoms with E-state index in [-0.39, 0.29) is 42.9 Å². The van der Waals surface area contributed by atoms with Gasteiger partial charge in [0.2, 0.25) is 10.0 Å². The van der Waals surface area contributed by atoms with E-state index >= 15 is 0 Å². The maximum atomic E-state index is 12.8. The summed E-state index contributed by atoms with van der Waals surface area (Å²) in [7, 11) is -3.70. The normalized spacial score (nSPS) is 15.8. The van der Waals surface area contributed by atoms with E-state index in [0.29, 0.717) is 16.4 Å². The van der Waals surface area contributed by atoms with E-state index < -0.39 is 10.0 Å². The van der Waals surface area contributed by atoms with E-state index in [0.717, 1.165) is 5.56 Å². The fraction of sp³-hybridized carbons (Fsp3) is 0.412. The summed E-state index contributed by atoms with van der Waals surface area (Å²) in [6.07, 6.45) is 0. The number of aryl methyl sites for hydroxylation is 3. The number of benzene rings is 1. The van der Waals surface area contributed by atoms with Crippen LogP contribution in [0.2, 0.25) is 5.02 Å². The first-order chi connectivity index (χ1) is 12.7. The summed E-state index contributed by atoms with van der Waals surface area (Å²) in [5.41, 5.74) is 1.86. The number of hydrogen-bond acceptors (Lipinski definition) is 5. The minimum atomic E-state index is -3.70. The predicted octanol–water partition coefficient (Wildman–Crippen LogP) is 2.79. The molecule has 2 amide bonds. The second kappa shape index (κ2) is 7.49. The van der Waals surface area contributed by atoms with Crippen LogP contribution < -0.4 is 5.32 Å². The number of anilines is 1. The minimum Gasteiger partial charge on any atom is -0.360 e. The predicted molar refractivity (Wildman–Crippen MR) is 102 cm³/mol. The van der Waals surface area contributed by atoms with Crippen LogP contribution in [0.3, 0.4) is 0 Å². The highest BCUT2D eigenvalue weighted by Gasteiger charge is 2.34. The minimum absolute atomic E-state index is 0.106. The molecule has 10 heteroatoms. The van der Waals surface area contributed by atoms with Crippen molar-refractivity contribution in [3.63, 3.8) is 0 Å². The van der Waals surface area contributed by atoms with Gasteiger partial charge in [-0.15, -0.1) is 0 Å². The van der Waals surface area contributed by atoms with Crippen molar-refractivity contribution in [3.05, 3.63) is 40.2 Å². The molecule has 1 aliphatic heterocycles. The second-order valence-electron chi connectivity index (χ2n) is 6.44. The van der Waals surface area contributed by atoms with Crippen molar-refractivity contribution in [2.24, 2.45) is 0 Å². The first kappa shape index (κ1) is 19.7. The van der Waals surface area contributed by atoms with E-state index in [1.807, 2.05) is 13.0 Å². The molecule has 0 saturated carbocycles. The Labute approximate surface area is 163 Å². The Kier molecular flexibility index (Phi) is 5.45. The largest absolute Gasteiger partial charge is 0.360 e. The fourth-order valence-electron chi connectivity index (χ4n) is 2.98. The summed E-state index contributed by atoms with van der Waals surface area (Å²) in [6, 6.07) is 5.00. The smallest absolute Gasteiger partial charge is 0.321 e. The topological polar surface area (TPSA) is 95.8 Å². The number of piperazine rings is 1. The number of carbonyl (C=O) groups excluding carboxylic acids is 1. The quantitative estimate of drug-likeness (QED) is 0.836. The van der Waals surface area contributed by atoms with Crippen LogP contribution in [0.1, 0.15) is 17.0 Å². The molecule has 2 aromatic rings. The third-order valence-corrected chi connectivity index (χ3v) is 7.07. The van der Waals surface area contributed by atoms with Gasteiger partial charge < -0.3 is 14.7 Å². The molecule has 1 fully saturated rings. The highest BCUT2D eigenvalue weighted by atomic mass is 35.5. The number of carbonyl (C=O) groups is 1. The van der Waals surface area contributed by atoms with Gasteiger partial charge in [0.15, 0.2) is 5.76 Å². The van der Waals surface area contributed by atoms with Crippen LogP contribution in [0.15, 0.2) is 27.6 Å². The monoisotopic (exact) mass is 412 g/mol. The zero-order valence-electron chi connectivity index (χ0n) is 15.3. The number of sulfonamides is 1. The number of hydrogen-bond donors (Lipinski definition) is 1. The van der Waals surface area contributed by atoms with Crippen molar-refractivity contribution in [2.75, 3.05) is 31.5 Å². The van der Waals surface area contributed by atoms with Crippen LogP contribution in [0.5, 0.6) is 0 Å². The van der Waals surface area contributed by atoms with Crippen LogP contribution in [-0.2, 0) is 10.0 Å². The molecule has 1 saturated heterocycles. The van der Waals surface area contributed by atoms with E-state index in [1.54, 1.807) is 30.9 Å². The molecule has 0 spiro atoms. The lowest BCUT2D eigenvalue weighted by molar-refractivity contribution is 0.184. The van der Waals surface area contributed by atoms with Gasteiger partial charge in [0.05, 0.1) is 0 Å². The van der Waals surface area contributed by atoms with Crippen molar-refractivity contribution < 1.29 is 17.7 Å². The van der Waals surface area contributed by atoms with Crippen molar-refractivity contribution in [1.29, 1.82) is 0 Å². The molecule has 8 nitrogen and oxygen atoms in total. The number of urea groups is 1. The van der Waals surface area contributed by atoms with Crippen molar-refractivity contribution in [1.82, 2.24) is 14.4 Å². The van der Waals surface area contributed by atoms with Gasteiger partial charge in [-0.05, 0) is 38.5 Å². The van der Waals surface area contributed by atoms with E-state index in [1.165, 1.54) is 4.31 Å². The molecule has 27 heavy (non-hydrogen) atoms. The molecule has 0 unspecified atom stereocenters. The lowest BCUT2D eigenvalue weighted by atomic mass is 10.2. The summed E-state index contributed by atoms with van der Waals surface area (Å²) >= 11 is 6.08. The fourth-order valence-corrected chi connectivity index (χ4v) is 4.87. The van der Waals surface area contributed by atoms with Gasteiger partial charge in [0.25, 0.3) is 0 Å². The van der Waals surface area contributed by atoms with E-state index in [9.17, 15) is 13.2 Å². The van der Waals surface area contributed by atoms with Crippen LogP contribution in [0, 0.1) is 20.8 Å². The van der Waals surface area contributed by atoms with Gasteiger partial charge in [-0.25, -0.2) is 13.2 Å². The summed E-state index contributed by atoms with van der Waals surface area (Å²) in [5.74, 6) is 0.268. The number of nitrogens with zero attached hydrogens (tertiary/aromatic N) is 3. The lowest BCUT2D eigenvalue weighted by Crippen LogP contribution is -2.51. The zero-order valence-corrected chi connectivity index (χ0v) is 16.9. The summed E-state index contributed by atoms with van der Waals surface area (Å²) in [4.78, 5) is 14.1. The van der Waals surface area contributed by atoms with Crippen LogP contribution >= 0.6 is 11.6 Å². The highest BCUT2D eigenvalue weighted by Crippen LogP contribution is 2.24. The summed E-state index contributed by atoms with van der Waals surface area (Å²) in [5, 5.41) is 7.08. The number of halogens is 1. The van der Waals surface area contributed by atoms with Crippen LogP contribution in [0.4, 0.5) is 10.5 Å². The molecule has 1 aromatic carbocycles. The SMILES string of the molecule is Cc1ccc(NC(=O)N2CCN(S(=O)(=O)c3c(C)noc3C)CC2)cc1Cl. The second-order valence-corrected chi connectivity index (χ2v) is 8.72. The van der Waals surface area contributed by atoms with Gasteiger partial charge >= 0.3 is 6.03 Å². The third kappa shape index (κ3) is 3.95. The first-order valence-electron chi connectivity index (χ1n) is 8.45. The first-order valence-corrected chi connectivity index (χ1v) is 10.3. The molecule has 0 bridgehead atoms. The molecular weight excluding hydrogens is 392 g/mol. The molecule has 0 radical (unpaired) electrons. The Balaban J connectivity index is 1.64. The molecular formula is C17H21ClN4O4S. The van der Waals surface area contributed by atoms with Gasteiger partial charge in [-0.3, -0.25) is 0 Å². The van der Waals surface area contributed by atoms with Gasteiger partial charge in [0, 0.05) is 36.9 Å². The number of amides is 2. The molecule has 1 N–H and O–H groups in total.